The monoisotopic (exact) mass is 229 g/mol. The van der Waals surface area contributed by atoms with Gasteiger partial charge in [0.25, 0.3) is 0 Å². The van der Waals surface area contributed by atoms with E-state index >= 15 is 0 Å². The second kappa shape index (κ2) is 8.10. The summed E-state index contributed by atoms with van der Waals surface area (Å²) in [7, 11) is 0. The van der Waals surface area contributed by atoms with Crippen molar-refractivity contribution >= 4 is 11.8 Å². The molecule has 0 aliphatic heterocycles. The maximum atomic E-state index is 11.6. The SMILES string of the molecule is CC[C@H](N)C(=O)NCCC(=O)N(CC)CC. The van der Waals surface area contributed by atoms with Gasteiger partial charge in [0.2, 0.25) is 11.8 Å². The van der Waals surface area contributed by atoms with Gasteiger partial charge in [0.1, 0.15) is 0 Å². The van der Waals surface area contributed by atoms with Crippen molar-refractivity contribution in [1.29, 1.82) is 0 Å². The molecule has 0 aromatic rings. The average Bonchev–Trinajstić information content (AvgIpc) is 2.29. The minimum absolute atomic E-state index is 0.0652. The summed E-state index contributed by atoms with van der Waals surface area (Å²) in [4.78, 5) is 24.6. The lowest BCUT2D eigenvalue weighted by atomic mass is 10.2. The highest BCUT2D eigenvalue weighted by molar-refractivity contribution is 5.82. The molecule has 0 fully saturated rings. The Bertz CT molecular complexity index is 227. The number of nitrogens with one attached hydrogen (secondary N) is 1. The summed E-state index contributed by atoms with van der Waals surface area (Å²) < 4.78 is 0. The Morgan fingerprint density at radius 1 is 1.25 bits per heavy atom. The lowest BCUT2D eigenvalue weighted by molar-refractivity contribution is -0.130. The van der Waals surface area contributed by atoms with Gasteiger partial charge in [-0.05, 0) is 20.3 Å². The smallest absolute Gasteiger partial charge is 0.236 e. The van der Waals surface area contributed by atoms with Crippen molar-refractivity contribution in [2.75, 3.05) is 19.6 Å². The van der Waals surface area contributed by atoms with Crippen LogP contribution in [0.4, 0.5) is 0 Å². The summed E-state index contributed by atoms with van der Waals surface area (Å²) in [5.74, 6) is -0.120. The second-order valence-electron chi connectivity index (χ2n) is 3.62. The van der Waals surface area contributed by atoms with Gasteiger partial charge in [0.05, 0.1) is 6.04 Å². The maximum absolute atomic E-state index is 11.6. The number of amides is 2. The number of carbonyl (C=O) groups excluding carboxylic acids is 2. The van der Waals surface area contributed by atoms with Gasteiger partial charge in [-0.3, -0.25) is 9.59 Å². The summed E-state index contributed by atoms with van der Waals surface area (Å²) in [5, 5.41) is 2.66. The fraction of sp³-hybridized carbons (Fsp3) is 0.818. The van der Waals surface area contributed by atoms with E-state index in [0.717, 1.165) is 0 Å². The molecule has 0 radical (unpaired) electrons. The first kappa shape index (κ1) is 14.9. The topological polar surface area (TPSA) is 75.4 Å². The van der Waals surface area contributed by atoms with Gasteiger partial charge in [-0.1, -0.05) is 6.92 Å². The molecule has 16 heavy (non-hydrogen) atoms. The Morgan fingerprint density at radius 2 is 1.81 bits per heavy atom. The molecule has 0 saturated carbocycles. The van der Waals surface area contributed by atoms with Gasteiger partial charge >= 0.3 is 0 Å². The highest BCUT2D eigenvalue weighted by Gasteiger charge is 2.12. The molecule has 0 saturated heterocycles. The van der Waals surface area contributed by atoms with Gasteiger partial charge in [-0.15, -0.1) is 0 Å². The van der Waals surface area contributed by atoms with Crippen LogP contribution in [0.2, 0.25) is 0 Å². The normalized spacial score (nSPS) is 12.0. The van der Waals surface area contributed by atoms with Crippen LogP contribution in [0.15, 0.2) is 0 Å². The molecule has 5 nitrogen and oxygen atoms in total. The van der Waals surface area contributed by atoms with E-state index in [0.29, 0.717) is 32.5 Å². The van der Waals surface area contributed by atoms with Crippen LogP contribution < -0.4 is 11.1 Å². The largest absolute Gasteiger partial charge is 0.354 e. The van der Waals surface area contributed by atoms with E-state index < -0.39 is 6.04 Å². The molecule has 1 atom stereocenters. The van der Waals surface area contributed by atoms with E-state index in [1.807, 2.05) is 20.8 Å². The number of rotatable bonds is 7. The van der Waals surface area contributed by atoms with Crippen LogP contribution in [0.3, 0.4) is 0 Å². The molecule has 94 valence electrons. The van der Waals surface area contributed by atoms with Crippen LogP contribution in [0.5, 0.6) is 0 Å². The highest BCUT2D eigenvalue weighted by Crippen LogP contribution is 1.93. The van der Waals surface area contributed by atoms with E-state index in [-0.39, 0.29) is 11.8 Å². The number of hydrogen-bond acceptors (Lipinski definition) is 3. The molecule has 0 aliphatic rings. The summed E-state index contributed by atoms with van der Waals surface area (Å²) in [6, 6.07) is -0.469. The summed E-state index contributed by atoms with van der Waals surface area (Å²) >= 11 is 0. The predicted molar refractivity (Wildman–Crippen MR) is 63.8 cm³/mol. The van der Waals surface area contributed by atoms with E-state index in [9.17, 15) is 9.59 Å². The number of nitrogens with zero attached hydrogens (tertiary/aromatic N) is 1. The van der Waals surface area contributed by atoms with Crippen molar-refractivity contribution in [2.45, 2.75) is 39.7 Å². The van der Waals surface area contributed by atoms with E-state index in [2.05, 4.69) is 5.32 Å². The summed E-state index contributed by atoms with van der Waals surface area (Å²) in [5.41, 5.74) is 5.54. The molecule has 0 unspecified atom stereocenters. The first-order chi connectivity index (χ1) is 7.56. The Balaban J connectivity index is 3.81. The van der Waals surface area contributed by atoms with Crippen molar-refractivity contribution in [3.63, 3.8) is 0 Å². The van der Waals surface area contributed by atoms with Crippen LogP contribution in [-0.4, -0.2) is 42.4 Å². The lowest BCUT2D eigenvalue weighted by Crippen LogP contribution is -2.41. The van der Waals surface area contributed by atoms with Gasteiger partial charge in [0, 0.05) is 26.1 Å². The average molecular weight is 229 g/mol. The molecule has 0 heterocycles. The molecule has 0 spiro atoms. The standard InChI is InChI=1S/C11H23N3O2/c1-4-9(12)11(16)13-8-7-10(15)14(5-2)6-3/h9H,4-8,12H2,1-3H3,(H,13,16)/t9-/m0/s1. The van der Waals surface area contributed by atoms with Crippen molar-refractivity contribution in [2.24, 2.45) is 5.73 Å². The number of nitrogens with two attached hydrogens (primary N) is 1. The zero-order chi connectivity index (χ0) is 12.6. The predicted octanol–water partition coefficient (Wildman–Crippen LogP) is 0.0984. The second-order valence-corrected chi connectivity index (χ2v) is 3.62. The fourth-order valence-corrected chi connectivity index (χ4v) is 1.34. The first-order valence-electron chi connectivity index (χ1n) is 5.87. The van der Waals surface area contributed by atoms with Gasteiger partial charge in [-0.25, -0.2) is 0 Å². The van der Waals surface area contributed by atoms with Gasteiger partial charge in [0.15, 0.2) is 0 Å². The van der Waals surface area contributed by atoms with Crippen LogP contribution in [0.1, 0.15) is 33.6 Å². The molecule has 5 heteroatoms. The lowest BCUT2D eigenvalue weighted by Gasteiger charge is -2.18. The third-order valence-corrected chi connectivity index (χ3v) is 2.53. The molecule has 0 aromatic carbocycles. The summed E-state index contributed by atoms with van der Waals surface area (Å²) in [6.07, 6.45) is 0.944. The molecule has 3 N–H and O–H groups in total. The minimum atomic E-state index is -0.469. The van der Waals surface area contributed by atoms with E-state index in [1.54, 1.807) is 4.90 Å². The Morgan fingerprint density at radius 3 is 2.25 bits per heavy atom. The van der Waals surface area contributed by atoms with Crippen LogP contribution >= 0.6 is 0 Å². The maximum Gasteiger partial charge on any atom is 0.236 e. The summed E-state index contributed by atoms with van der Waals surface area (Å²) in [6.45, 7) is 7.50. The molecule has 0 rings (SSSR count). The zero-order valence-corrected chi connectivity index (χ0v) is 10.5. The molecule has 0 aromatic heterocycles. The third kappa shape index (κ3) is 5.11. The zero-order valence-electron chi connectivity index (χ0n) is 10.5. The Labute approximate surface area is 97.4 Å². The van der Waals surface area contributed by atoms with Crippen molar-refractivity contribution in [3.8, 4) is 0 Å². The number of hydrogen-bond donors (Lipinski definition) is 2. The molecular weight excluding hydrogens is 206 g/mol. The van der Waals surface area contributed by atoms with Crippen LogP contribution in [0, 0.1) is 0 Å². The molecule has 2 amide bonds. The molecule has 0 bridgehead atoms. The molecule has 0 aliphatic carbocycles. The fourth-order valence-electron chi connectivity index (χ4n) is 1.34. The number of carbonyl (C=O) groups is 2. The van der Waals surface area contributed by atoms with Gasteiger partial charge in [-0.2, -0.15) is 0 Å². The first-order valence-corrected chi connectivity index (χ1v) is 5.87. The van der Waals surface area contributed by atoms with E-state index in [1.165, 1.54) is 0 Å². The molecular formula is C11H23N3O2. The quantitative estimate of drug-likeness (QED) is 0.650. The van der Waals surface area contributed by atoms with Crippen LogP contribution in [0.25, 0.3) is 0 Å². The van der Waals surface area contributed by atoms with Crippen molar-refractivity contribution in [1.82, 2.24) is 10.2 Å². The van der Waals surface area contributed by atoms with Crippen molar-refractivity contribution < 1.29 is 9.59 Å². The highest BCUT2D eigenvalue weighted by atomic mass is 16.2. The van der Waals surface area contributed by atoms with Gasteiger partial charge < -0.3 is 16.0 Å². The Kier molecular flexibility index (Phi) is 7.54. The Hall–Kier alpha value is -1.10. The van der Waals surface area contributed by atoms with E-state index in [4.69, 9.17) is 5.73 Å². The third-order valence-electron chi connectivity index (χ3n) is 2.53. The van der Waals surface area contributed by atoms with Crippen LogP contribution in [-0.2, 0) is 9.59 Å². The minimum Gasteiger partial charge on any atom is -0.354 e. The van der Waals surface area contributed by atoms with Crippen molar-refractivity contribution in [3.05, 3.63) is 0 Å².